The second kappa shape index (κ2) is 6.72. The Bertz CT molecular complexity index is 250. The molecule has 0 spiro atoms. The van der Waals surface area contributed by atoms with Gasteiger partial charge in [-0.1, -0.05) is 13.0 Å². The molecule has 1 saturated heterocycles. The summed E-state index contributed by atoms with van der Waals surface area (Å²) in [6, 6.07) is 0. The highest BCUT2D eigenvalue weighted by Gasteiger charge is 2.23. The molecule has 0 aliphatic carbocycles. The molecule has 1 N–H and O–H groups in total. The minimum atomic E-state index is 0.179. The van der Waals surface area contributed by atoms with E-state index in [1.54, 1.807) is 0 Å². The number of nitrogens with one attached hydrogen (secondary N) is 1. The first-order chi connectivity index (χ1) is 8.35. The van der Waals surface area contributed by atoms with Crippen LogP contribution in [0.25, 0.3) is 0 Å². The second-order valence-corrected chi connectivity index (χ2v) is 6.99. The van der Waals surface area contributed by atoms with Gasteiger partial charge in [-0.05, 0) is 58.3 Å². The molecule has 2 nitrogen and oxygen atoms in total. The molecule has 1 aliphatic rings. The summed E-state index contributed by atoms with van der Waals surface area (Å²) in [6.45, 7) is 14.9. The molecule has 18 heavy (non-hydrogen) atoms. The van der Waals surface area contributed by atoms with Crippen molar-refractivity contribution in [3.63, 3.8) is 0 Å². The van der Waals surface area contributed by atoms with Gasteiger partial charge in [-0.15, -0.1) is 6.58 Å². The van der Waals surface area contributed by atoms with E-state index < -0.39 is 0 Å². The van der Waals surface area contributed by atoms with Gasteiger partial charge in [0.2, 0.25) is 0 Å². The molecule has 0 saturated carbocycles. The Labute approximate surface area is 113 Å². The van der Waals surface area contributed by atoms with Gasteiger partial charge in [0, 0.05) is 18.7 Å². The first kappa shape index (κ1) is 15.7. The van der Waals surface area contributed by atoms with Crippen molar-refractivity contribution in [1.29, 1.82) is 0 Å². The molecule has 0 radical (unpaired) electrons. The fourth-order valence-corrected chi connectivity index (χ4v) is 2.34. The van der Waals surface area contributed by atoms with Gasteiger partial charge in [0.15, 0.2) is 0 Å². The summed E-state index contributed by atoms with van der Waals surface area (Å²) in [6.07, 6.45) is 8.77. The van der Waals surface area contributed by atoms with Crippen molar-refractivity contribution in [2.75, 3.05) is 13.2 Å². The summed E-state index contributed by atoms with van der Waals surface area (Å²) in [5.41, 5.74) is 0.380. The lowest BCUT2D eigenvalue weighted by atomic mass is 9.83. The third kappa shape index (κ3) is 6.01. The normalized spacial score (nSPS) is 23.9. The zero-order valence-corrected chi connectivity index (χ0v) is 12.7. The fourth-order valence-electron chi connectivity index (χ4n) is 2.34. The van der Waals surface area contributed by atoms with E-state index in [1.807, 2.05) is 0 Å². The molecule has 2 unspecified atom stereocenters. The summed E-state index contributed by atoms with van der Waals surface area (Å²) in [5, 5.41) is 3.59. The van der Waals surface area contributed by atoms with Crippen LogP contribution >= 0.6 is 0 Å². The quantitative estimate of drug-likeness (QED) is 0.694. The molecule has 106 valence electrons. The Hall–Kier alpha value is -0.340. The van der Waals surface area contributed by atoms with Gasteiger partial charge in [0.05, 0.1) is 6.10 Å². The first-order valence-electron chi connectivity index (χ1n) is 7.35. The maximum Gasteiger partial charge on any atom is 0.0576 e. The Morgan fingerprint density at radius 1 is 1.33 bits per heavy atom. The predicted octanol–water partition coefficient (Wildman–Crippen LogP) is 3.92. The van der Waals surface area contributed by atoms with E-state index >= 15 is 0 Å². The largest absolute Gasteiger partial charge is 0.378 e. The predicted molar refractivity (Wildman–Crippen MR) is 78.9 cm³/mol. The van der Waals surface area contributed by atoms with Gasteiger partial charge in [0.25, 0.3) is 0 Å². The van der Waals surface area contributed by atoms with Crippen LogP contribution < -0.4 is 5.32 Å². The second-order valence-electron chi connectivity index (χ2n) is 6.99. The molecular formula is C16H31NO. The average molecular weight is 253 g/mol. The Morgan fingerprint density at radius 2 is 2.06 bits per heavy atom. The molecule has 1 heterocycles. The zero-order valence-electron chi connectivity index (χ0n) is 12.7. The number of ether oxygens (including phenoxy) is 1. The van der Waals surface area contributed by atoms with Crippen LogP contribution in [0, 0.1) is 5.41 Å². The van der Waals surface area contributed by atoms with E-state index in [-0.39, 0.29) is 11.0 Å². The minimum Gasteiger partial charge on any atom is -0.378 e. The maximum absolute atomic E-state index is 5.67. The number of hydrogen-bond acceptors (Lipinski definition) is 2. The summed E-state index contributed by atoms with van der Waals surface area (Å²) in [4.78, 5) is 0. The molecule has 1 rings (SSSR count). The summed E-state index contributed by atoms with van der Waals surface area (Å²) in [7, 11) is 0. The topological polar surface area (TPSA) is 21.3 Å². The molecule has 1 aliphatic heterocycles. The summed E-state index contributed by atoms with van der Waals surface area (Å²) >= 11 is 0. The van der Waals surface area contributed by atoms with E-state index in [0.29, 0.717) is 6.10 Å². The standard InChI is InChI=1S/C16H31NO/c1-6-16(5,13-17-15(2,3)4)11-7-9-14-10-8-12-18-14/h6,14,17H,1,7-13H2,2-5H3. The molecule has 0 bridgehead atoms. The van der Waals surface area contributed by atoms with Crippen molar-refractivity contribution in [2.45, 2.75) is 71.4 Å². The molecule has 2 atom stereocenters. The van der Waals surface area contributed by atoms with E-state index in [4.69, 9.17) is 4.74 Å². The maximum atomic E-state index is 5.67. The summed E-state index contributed by atoms with van der Waals surface area (Å²) < 4.78 is 5.67. The molecule has 0 aromatic carbocycles. The molecule has 0 amide bonds. The van der Waals surface area contributed by atoms with E-state index in [9.17, 15) is 0 Å². The Morgan fingerprint density at radius 3 is 2.56 bits per heavy atom. The van der Waals surface area contributed by atoms with E-state index in [1.165, 1.54) is 32.1 Å². The van der Waals surface area contributed by atoms with Crippen LogP contribution in [-0.2, 0) is 4.74 Å². The Balaban J connectivity index is 2.27. The highest BCUT2D eigenvalue weighted by Crippen LogP contribution is 2.27. The van der Waals surface area contributed by atoms with Gasteiger partial charge in [0.1, 0.15) is 0 Å². The minimum absolute atomic E-state index is 0.179. The smallest absolute Gasteiger partial charge is 0.0576 e. The third-order valence-electron chi connectivity index (χ3n) is 3.81. The summed E-state index contributed by atoms with van der Waals surface area (Å²) in [5.74, 6) is 0. The van der Waals surface area contributed by atoms with E-state index in [0.717, 1.165) is 13.2 Å². The van der Waals surface area contributed by atoms with Gasteiger partial charge >= 0.3 is 0 Å². The first-order valence-corrected chi connectivity index (χ1v) is 7.35. The van der Waals surface area contributed by atoms with Crippen molar-refractivity contribution in [3.05, 3.63) is 12.7 Å². The molecule has 1 fully saturated rings. The van der Waals surface area contributed by atoms with Gasteiger partial charge in [-0.3, -0.25) is 0 Å². The van der Waals surface area contributed by atoms with Gasteiger partial charge in [-0.25, -0.2) is 0 Å². The van der Waals surface area contributed by atoms with Crippen molar-refractivity contribution < 1.29 is 4.74 Å². The fraction of sp³-hybridized carbons (Fsp3) is 0.875. The third-order valence-corrected chi connectivity index (χ3v) is 3.81. The van der Waals surface area contributed by atoms with Crippen molar-refractivity contribution in [2.24, 2.45) is 5.41 Å². The van der Waals surface area contributed by atoms with Crippen LogP contribution in [0.5, 0.6) is 0 Å². The monoisotopic (exact) mass is 253 g/mol. The number of rotatable bonds is 7. The Kier molecular flexibility index (Phi) is 5.87. The zero-order chi connectivity index (χ0) is 13.6. The molecule has 2 heteroatoms. The van der Waals surface area contributed by atoms with Gasteiger partial charge < -0.3 is 10.1 Å². The van der Waals surface area contributed by atoms with Crippen LogP contribution in [-0.4, -0.2) is 24.8 Å². The van der Waals surface area contributed by atoms with Crippen molar-refractivity contribution >= 4 is 0 Å². The molecule has 0 aromatic rings. The average Bonchev–Trinajstić information content (AvgIpc) is 2.79. The van der Waals surface area contributed by atoms with Crippen LogP contribution in [0.4, 0.5) is 0 Å². The lowest BCUT2D eigenvalue weighted by molar-refractivity contribution is 0.0993. The van der Waals surface area contributed by atoms with Crippen molar-refractivity contribution in [1.82, 2.24) is 5.32 Å². The van der Waals surface area contributed by atoms with Gasteiger partial charge in [-0.2, -0.15) is 0 Å². The lowest BCUT2D eigenvalue weighted by Gasteiger charge is -2.31. The lowest BCUT2D eigenvalue weighted by Crippen LogP contribution is -2.42. The van der Waals surface area contributed by atoms with Crippen LogP contribution in [0.2, 0.25) is 0 Å². The highest BCUT2D eigenvalue weighted by molar-refractivity contribution is 4.94. The van der Waals surface area contributed by atoms with E-state index in [2.05, 4.69) is 45.7 Å². The molecular weight excluding hydrogens is 222 g/mol. The number of hydrogen-bond donors (Lipinski definition) is 1. The van der Waals surface area contributed by atoms with Crippen LogP contribution in [0.15, 0.2) is 12.7 Å². The van der Waals surface area contributed by atoms with Crippen LogP contribution in [0.3, 0.4) is 0 Å². The van der Waals surface area contributed by atoms with Crippen LogP contribution in [0.1, 0.15) is 59.8 Å². The van der Waals surface area contributed by atoms with Crippen molar-refractivity contribution in [3.8, 4) is 0 Å². The molecule has 0 aromatic heterocycles. The SMILES string of the molecule is C=CC(C)(CCCC1CCCO1)CNC(C)(C)C. The highest BCUT2D eigenvalue weighted by atomic mass is 16.5.